The first kappa shape index (κ1) is 32.5. The Balaban J connectivity index is 1.20. The van der Waals surface area contributed by atoms with Crippen LogP contribution >= 0.6 is 11.8 Å². The number of nitrogens with zero attached hydrogens (tertiary/aromatic N) is 5. The highest BCUT2D eigenvalue weighted by atomic mass is 32.2. The molecule has 3 aromatic carbocycles. The number of hydrogen-bond donors (Lipinski definition) is 1. The van der Waals surface area contributed by atoms with E-state index in [0.29, 0.717) is 16.7 Å². The first-order valence-electron chi connectivity index (χ1n) is 14.4. The average Bonchev–Trinajstić information content (AvgIpc) is 3.63. The molecule has 9 nitrogen and oxygen atoms in total. The van der Waals surface area contributed by atoms with Gasteiger partial charge in [0.25, 0.3) is 0 Å². The van der Waals surface area contributed by atoms with Gasteiger partial charge in [-0.1, -0.05) is 74.2 Å². The van der Waals surface area contributed by atoms with Crippen molar-refractivity contribution >= 4 is 40.6 Å². The second-order valence-corrected chi connectivity index (χ2v) is 11.8. The Labute approximate surface area is 268 Å². The minimum atomic E-state index is -4.76. The fraction of sp³-hybridized carbons (Fsp3) is 0.242. The van der Waals surface area contributed by atoms with Gasteiger partial charge in [-0.15, -0.1) is 18.3 Å². The number of aliphatic imine (C=N–C) groups is 1. The van der Waals surface area contributed by atoms with E-state index in [9.17, 15) is 22.8 Å². The molecular formula is C33H31F3N6O3S. The quantitative estimate of drug-likeness (QED) is 0.212. The lowest BCUT2D eigenvalue weighted by Gasteiger charge is -2.22. The molecule has 2 heterocycles. The third-order valence-corrected chi connectivity index (χ3v) is 7.86. The zero-order valence-electron chi connectivity index (χ0n) is 25.4. The summed E-state index contributed by atoms with van der Waals surface area (Å²) in [7, 11) is 0. The maximum Gasteiger partial charge on any atom is 0.573 e. The zero-order chi connectivity index (χ0) is 33.0. The first-order chi connectivity index (χ1) is 21.9. The number of carbonyl (C=O) groups is 2. The van der Waals surface area contributed by atoms with Crippen LogP contribution in [0.4, 0.5) is 23.7 Å². The number of anilines is 1. The van der Waals surface area contributed by atoms with Crippen molar-refractivity contribution in [2.45, 2.75) is 46.0 Å². The Kier molecular flexibility index (Phi) is 9.61. The van der Waals surface area contributed by atoms with Crippen molar-refractivity contribution in [3.8, 4) is 22.8 Å². The number of hydrogen-bond acceptors (Lipinski definition) is 6. The van der Waals surface area contributed by atoms with E-state index >= 15 is 0 Å². The van der Waals surface area contributed by atoms with Crippen molar-refractivity contribution in [1.29, 1.82) is 0 Å². The Hall–Kier alpha value is -4.91. The molecule has 3 amide bonds. The highest BCUT2D eigenvalue weighted by molar-refractivity contribution is 8.15. The van der Waals surface area contributed by atoms with Crippen LogP contribution in [0.2, 0.25) is 0 Å². The third kappa shape index (κ3) is 8.02. The van der Waals surface area contributed by atoms with Gasteiger partial charge in [-0.3, -0.25) is 9.69 Å². The van der Waals surface area contributed by atoms with Crippen molar-refractivity contribution in [1.82, 2.24) is 20.1 Å². The zero-order valence-corrected chi connectivity index (χ0v) is 26.3. The average molecular weight is 649 g/mol. The standard InChI is InChI=1S/C33H31F3N6O3S/c1-20(2)27-16-5-21(3)17-28(27)42-29(43)18-46-32(42)39-31(44)38-22(4)6-7-23-8-10-24(11-9-23)30-37-19-41(40-30)25-12-14-26(15-13-25)45-33(34,35)36/h5-17,19-20,22H,18H2,1-4H3,(H,38,44)/b7-6+,39-32?. The van der Waals surface area contributed by atoms with Gasteiger partial charge >= 0.3 is 12.4 Å². The van der Waals surface area contributed by atoms with Crippen LogP contribution in [0.3, 0.4) is 0 Å². The normalized spacial score (nSPS) is 15.3. The largest absolute Gasteiger partial charge is 0.573 e. The molecule has 13 heteroatoms. The van der Waals surface area contributed by atoms with Crippen molar-refractivity contribution in [3.05, 3.63) is 95.8 Å². The van der Waals surface area contributed by atoms with Crippen molar-refractivity contribution < 1.29 is 27.5 Å². The summed E-state index contributed by atoms with van der Waals surface area (Å²) in [6.07, 6.45) is 0.401. The van der Waals surface area contributed by atoms with E-state index in [1.807, 2.05) is 68.5 Å². The number of aromatic nitrogens is 3. The molecule has 1 aliphatic heterocycles. The van der Waals surface area contributed by atoms with Gasteiger partial charge in [0, 0.05) is 11.6 Å². The van der Waals surface area contributed by atoms with E-state index in [1.54, 1.807) is 0 Å². The number of thioether (sulfide) groups is 1. The lowest BCUT2D eigenvalue weighted by molar-refractivity contribution is -0.274. The Morgan fingerprint density at radius 2 is 1.78 bits per heavy atom. The van der Waals surface area contributed by atoms with Crippen LogP contribution in [-0.4, -0.2) is 50.0 Å². The monoisotopic (exact) mass is 648 g/mol. The molecule has 5 rings (SSSR count). The van der Waals surface area contributed by atoms with Gasteiger partial charge in [-0.05, 0) is 66.8 Å². The second kappa shape index (κ2) is 13.6. The number of amidine groups is 1. The molecule has 1 aromatic heterocycles. The van der Waals surface area contributed by atoms with Gasteiger partial charge < -0.3 is 10.1 Å². The summed E-state index contributed by atoms with van der Waals surface area (Å²) in [5, 5.41) is 7.60. The molecule has 1 unspecified atom stereocenters. The summed E-state index contributed by atoms with van der Waals surface area (Å²) < 4.78 is 42.6. The SMILES string of the molecule is Cc1ccc(C(C)C)c(N2C(=O)CSC2=NC(=O)NC(C)/C=C/c2ccc(-c3ncn(-c4ccc(OC(F)(F)F)cc4)n3)cc2)c1. The van der Waals surface area contributed by atoms with Gasteiger partial charge in [0.15, 0.2) is 11.0 Å². The van der Waals surface area contributed by atoms with Crippen LogP contribution in [0, 0.1) is 6.92 Å². The van der Waals surface area contributed by atoms with E-state index in [-0.39, 0.29) is 29.4 Å². The minimum Gasteiger partial charge on any atom is -0.406 e. The molecule has 1 fully saturated rings. The molecule has 1 N–H and O–H groups in total. The minimum absolute atomic E-state index is 0.115. The number of aryl methyl sites for hydroxylation is 1. The topological polar surface area (TPSA) is 102 Å². The third-order valence-electron chi connectivity index (χ3n) is 6.94. The Morgan fingerprint density at radius 3 is 2.46 bits per heavy atom. The highest BCUT2D eigenvalue weighted by Gasteiger charge is 2.33. The van der Waals surface area contributed by atoms with Gasteiger partial charge in [-0.2, -0.15) is 4.99 Å². The second-order valence-electron chi connectivity index (χ2n) is 10.9. The Morgan fingerprint density at radius 1 is 1.07 bits per heavy atom. The van der Waals surface area contributed by atoms with E-state index in [0.717, 1.165) is 27.9 Å². The molecule has 0 spiro atoms. The maximum absolute atomic E-state index is 12.8. The number of ether oxygens (including phenoxy) is 1. The van der Waals surface area contributed by atoms with Gasteiger partial charge in [0.1, 0.15) is 12.1 Å². The number of nitrogens with one attached hydrogen (secondary N) is 1. The van der Waals surface area contributed by atoms with Crippen LogP contribution in [0.25, 0.3) is 23.2 Å². The van der Waals surface area contributed by atoms with E-state index in [4.69, 9.17) is 0 Å². The molecule has 0 aliphatic carbocycles. The molecular weight excluding hydrogens is 617 g/mol. The lowest BCUT2D eigenvalue weighted by Crippen LogP contribution is -2.34. The van der Waals surface area contributed by atoms with Gasteiger partial charge in [0.2, 0.25) is 5.91 Å². The lowest BCUT2D eigenvalue weighted by atomic mass is 9.99. The first-order valence-corrected chi connectivity index (χ1v) is 15.4. The van der Waals surface area contributed by atoms with E-state index in [1.165, 1.54) is 51.9 Å². The predicted molar refractivity (Wildman–Crippen MR) is 173 cm³/mol. The van der Waals surface area contributed by atoms with Crippen LogP contribution in [0.5, 0.6) is 5.75 Å². The summed E-state index contributed by atoms with van der Waals surface area (Å²) in [5.41, 5.74) is 4.91. The number of rotatable bonds is 8. The van der Waals surface area contributed by atoms with Crippen molar-refractivity contribution in [2.75, 3.05) is 10.7 Å². The smallest absolute Gasteiger partial charge is 0.406 e. The molecule has 0 radical (unpaired) electrons. The molecule has 46 heavy (non-hydrogen) atoms. The Bertz CT molecular complexity index is 1780. The van der Waals surface area contributed by atoms with Crippen molar-refractivity contribution in [2.24, 2.45) is 4.99 Å². The molecule has 0 bridgehead atoms. The van der Waals surface area contributed by atoms with Gasteiger partial charge in [0.05, 0.1) is 17.1 Å². The van der Waals surface area contributed by atoms with E-state index in [2.05, 4.69) is 39.0 Å². The number of urea groups is 1. The number of amides is 3. The molecule has 4 aromatic rings. The number of carbonyl (C=O) groups excluding carboxylic acids is 2. The van der Waals surface area contributed by atoms with Crippen LogP contribution < -0.4 is 15.0 Å². The molecule has 1 aliphatic rings. The van der Waals surface area contributed by atoms with Crippen LogP contribution in [0.1, 0.15) is 43.4 Å². The van der Waals surface area contributed by atoms with Crippen molar-refractivity contribution in [3.63, 3.8) is 0 Å². The number of alkyl halides is 3. The molecule has 238 valence electrons. The summed E-state index contributed by atoms with van der Waals surface area (Å²) in [6, 6.07) is 17.8. The summed E-state index contributed by atoms with van der Waals surface area (Å²) in [6.45, 7) is 7.90. The van der Waals surface area contributed by atoms with Crippen LogP contribution in [0.15, 0.2) is 84.1 Å². The maximum atomic E-state index is 12.8. The van der Waals surface area contributed by atoms with E-state index < -0.39 is 12.4 Å². The molecule has 1 atom stereocenters. The fourth-order valence-electron chi connectivity index (χ4n) is 4.70. The highest BCUT2D eigenvalue weighted by Crippen LogP contribution is 2.34. The fourth-order valence-corrected chi connectivity index (χ4v) is 5.56. The summed E-state index contributed by atoms with van der Waals surface area (Å²) in [4.78, 5) is 35.7. The number of halogens is 3. The summed E-state index contributed by atoms with van der Waals surface area (Å²) in [5.74, 6) is 0.405. The van der Waals surface area contributed by atoms with Crippen LogP contribution in [-0.2, 0) is 4.79 Å². The summed E-state index contributed by atoms with van der Waals surface area (Å²) >= 11 is 1.24. The molecule has 1 saturated heterocycles. The predicted octanol–water partition coefficient (Wildman–Crippen LogP) is 7.51. The van der Waals surface area contributed by atoms with Gasteiger partial charge in [-0.25, -0.2) is 14.5 Å². The number of benzene rings is 3. The molecule has 0 saturated carbocycles.